The van der Waals surface area contributed by atoms with Crippen molar-refractivity contribution in [2.24, 2.45) is 0 Å². The molecule has 0 aromatic rings. The van der Waals surface area contributed by atoms with Crippen molar-refractivity contribution in [3.8, 4) is 6.07 Å². The first-order valence-corrected chi connectivity index (χ1v) is 5.58. The largest absolute Gasteiger partial charge is 0.511 e. The van der Waals surface area contributed by atoms with Crippen LogP contribution in [0.1, 0.15) is 34.1 Å². The molecule has 1 aliphatic rings. The molecule has 0 spiro atoms. The van der Waals surface area contributed by atoms with E-state index in [-0.39, 0.29) is 11.3 Å². The van der Waals surface area contributed by atoms with E-state index in [1.807, 2.05) is 6.07 Å². The zero-order valence-electron chi connectivity index (χ0n) is 10.6. The molecule has 1 rings (SSSR count). The molecule has 1 atom stereocenters. The van der Waals surface area contributed by atoms with Gasteiger partial charge in [-0.3, -0.25) is 0 Å². The fourth-order valence-electron chi connectivity index (χ4n) is 1.68. The van der Waals surface area contributed by atoms with Crippen molar-refractivity contribution in [1.29, 1.82) is 5.26 Å². The maximum Gasteiger partial charge on any atom is 0.410 e. The molecule has 94 valence electrons. The molecule has 1 heterocycles. The third-order valence-electron chi connectivity index (χ3n) is 2.53. The average molecular weight is 238 g/mol. The molecule has 17 heavy (non-hydrogen) atoms. The second-order valence-corrected chi connectivity index (χ2v) is 5.07. The Balaban J connectivity index is 2.83. The summed E-state index contributed by atoms with van der Waals surface area (Å²) in [5.41, 5.74) is -0.325. The maximum atomic E-state index is 11.9. The summed E-state index contributed by atoms with van der Waals surface area (Å²) in [7, 11) is 0. The molecule has 0 aliphatic carbocycles. The van der Waals surface area contributed by atoms with E-state index >= 15 is 0 Å². The fourth-order valence-corrected chi connectivity index (χ4v) is 1.68. The van der Waals surface area contributed by atoms with Gasteiger partial charge in [-0.15, -0.1) is 0 Å². The van der Waals surface area contributed by atoms with Gasteiger partial charge in [0.05, 0.1) is 11.6 Å². The summed E-state index contributed by atoms with van der Waals surface area (Å²) in [6.07, 6.45) is -0.155. The molecule has 1 aliphatic heterocycles. The Bertz CT molecular complexity index is 388. The zero-order chi connectivity index (χ0) is 13.2. The van der Waals surface area contributed by atoms with Crippen LogP contribution in [0.4, 0.5) is 4.79 Å². The molecular weight excluding hydrogens is 220 g/mol. The second-order valence-electron chi connectivity index (χ2n) is 5.07. The Hall–Kier alpha value is -1.70. The Morgan fingerprint density at radius 3 is 2.65 bits per heavy atom. The van der Waals surface area contributed by atoms with Gasteiger partial charge in [0, 0.05) is 13.0 Å². The summed E-state index contributed by atoms with van der Waals surface area (Å²) < 4.78 is 5.25. The number of aliphatic hydroxyl groups is 1. The lowest BCUT2D eigenvalue weighted by Crippen LogP contribution is -2.45. The number of nitriles is 1. The minimum atomic E-state index is -0.563. The van der Waals surface area contributed by atoms with Gasteiger partial charge in [-0.25, -0.2) is 4.79 Å². The number of amides is 1. The van der Waals surface area contributed by atoms with Crippen LogP contribution in [0, 0.1) is 11.3 Å². The van der Waals surface area contributed by atoms with E-state index in [0.29, 0.717) is 13.0 Å². The smallest absolute Gasteiger partial charge is 0.410 e. The molecule has 0 fully saturated rings. The van der Waals surface area contributed by atoms with E-state index in [0.717, 1.165) is 0 Å². The molecule has 5 heteroatoms. The predicted molar refractivity (Wildman–Crippen MR) is 62.3 cm³/mol. The number of ether oxygens (including phenoxy) is 1. The van der Waals surface area contributed by atoms with Crippen LogP contribution in [0.5, 0.6) is 0 Å². The SMILES string of the molecule is C[C@@H]1C(C#N)=C(O)CCN1C(=O)OC(C)(C)C. The lowest BCUT2D eigenvalue weighted by molar-refractivity contribution is 0.0183. The topological polar surface area (TPSA) is 73.6 Å². The van der Waals surface area contributed by atoms with Crippen molar-refractivity contribution >= 4 is 6.09 Å². The summed E-state index contributed by atoms with van der Waals surface area (Å²) in [5.74, 6) is 0.0693. The Morgan fingerprint density at radius 1 is 1.59 bits per heavy atom. The minimum absolute atomic E-state index is 0.0693. The molecule has 1 amide bonds. The van der Waals surface area contributed by atoms with E-state index in [1.165, 1.54) is 4.90 Å². The molecule has 1 N–H and O–H groups in total. The van der Waals surface area contributed by atoms with Crippen LogP contribution >= 0.6 is 0 Å². The molecular formula is C12H18N2O3. The lowest BCUT2D eigenvalue weighted by atomic mass is 10.0. The van der Waals surface area contributed by atoms with Gasteiger partial charge in [0.1, 0.15) is 17.4 Å². The molecule has 0 saturated heterocycles. The number of rotatable bonds is 0. The Labute approximate surface area is 101 Å². The fraction of sp³-hybridized carbons (Fsp3) is 0.667. The van der Waals surface area contributed by atoms with E-state index in [1.54, 1.807) is 27.7 Å². The highest BCUT2D eigenvalue weighted by molar-refractivity contribution is 5.70. The van der Waals surface area contributed by atoms with Crippen LogP contribution in [0.15, 0.2) is 11.3 Å². The van der Waals surface area contributed by atoms with Crippen molar-refractivity contribution in [3.05, 3.63) is 11.3 Å². The van der Waals surface area contributed by atoms with Gasteiger partial charge in [0.15, 0.2) is 0 Å². The summed E-state index contributed by atoms with van der Waals surface area (Å²) in [5, 5.41) is 18.5. The maximum absolute atomic E-state index is 11.9. The van der Waals surface area contributed by atoms with Gasteiger partial charge in [-0.05, 0) is 27.7 Å². The number of hydrogen-bond donors (Lipinski definition) is 1. The summed E-state index contributed by atoms with van der Waals surface area (Å²) in [6.45, 7) is 7.44. The third kappa shape index (κ3) is 3.13. The van der Waals surface area contributed by atoms with Crippen molar-refractivity contribution < 1.29 is 14.6 Å². The summed E-state index contributed by atoms with van der Waals surface area (Å²) in [6, 6.07) is 1.49. The highest BCUT2D eigenvalue weighted by Crippen LogP contribution is 2.23. The van der Waals surface area contributed by atoms with Crippen LogP contribution in [0.2, 0.25) is 0 Å². The van der Waals surface area contributed by atoms with Gasteiger partial charge in [-0.1, -0.05) is 0 Å². The second kappa shape index (κ2) is 4.66. The molecule has 0 aromatic heterocycles. The van der Waals surface area contributed by atoms with Gasteiger partial charge in [0.25, 0.3) is 0 Å². The number of aliphatic hydroxyl groups excluding tert-OH is 1. The highest BCUT2D eigenvalue weighted by atomic mass is 16.6. The monoisotopic (exact) mass is 238 g/mol. The van der Waals surface area contributed by atoms with E-state index in [9.17, 15) is 9.90 Å². The standard InChI is InChI=1S/C12H18N2O3/c1-8-9(7-13)10(15)5-6-14(8)11(16)17-12(2,3)4/h8,15H,5-6H2,1-4H3/t8-/m1/s1. The molecule has 5 nitrogen and oxygen atoms in total. The quantitative estimate of drug-likeness (QED) is 0.703. The van der Waals surface area contributed by atoms with Crippen LogP contribution in [0.25, 0.3) is 0 Å². The first-order valence-electron chi connectivity index (χ1n) is 5.58. The molecule has 0 unspecified atom stereocenters. The van der Waals surface area contributed by atoms with Gasteiger partial charge < -0.3 is 14.7 Å². The first-order chi connectivity index (χ1) is 7.76. The van der Waals surface area contributed by atoms with Crippen molar-refractivity contribution in [3.63, 3.8) is 0 Å². The molecule has 0 aromatic carbocycles. The van der Waals surface area contributed by atoms with Crippen molar-refractivity contribution in [2.75, 3.05) is 6.54 Å². The minimum Gasteiger partial charge on any atom is -0.511 e. The number of carbonyl (C=O) groups is 1. The number of hydrogen-bond acceptors (Lipinski definition) is 4. The Morgan fingerprint density at radius 2 is 2.18 bits per heavy atom. The van der Waals surface area contributed by atoms with Crippen molar-refractivity contribution in [1.82, 2.24) is 4.90 Å². The van der Waals surface area contributed by atoms with Gasteiger partial charge in [-0.2, -0.15) is 5.26 Å². The molecule has 0 radical (unpaired) electrons. The van der Waals surface area contributed by atoms with E-state index in [4.69, 9.17) is 10.00 Å². The first kappa shape index (κ1) is 13.4. The van der Waals surface area contributed by atoms with E-state index in [2.05, 4.69) is 0 Å². The van der Waals surface area contributed by atoms with Crippen LogP contribution in [-0.2, 0) is 4.74 Å². The normalized spacial score (nSPS) is 21.1. The van der Waals surface area contributed by atoms with Gasteiger partial charge >= 0.3 is 6.09 Å². The average Bonchev–Trinajstić information content (AvgIpc) is 2.15. The van der Waals surface area contributed by atoms with Crippen LogP contribution in [0.3, 0.4) is 0 Å². The van der Waals surface area contributed by atoms with Crippen LogP contribution < -0.4 is 0 Å². The predicted octanol–water partition coefficient (Wildman–Crippen LogP) is 2.35. The summed E-state index contributed by atoms with van der Waals surface area (Å²) in [4.78, 5) is 13.3. The summed E-state index contributed by atoms with van der Waals surface area (Å²) >= 11 is 0. The molecule has 0 bridgehead atoms. The molecule has 0 saturated carbocycles. The Kier molecular flexibility index (Phi) is 3.66. The van der Waals surface area contributed by atoms with Crippen molar-refractivity contribution in [2.45, 2.75) is 45.8 Å². The number of carbonyl (C=O) groups excluding carboxylic acids is 1. The lowest BCUT2D eigenvalue weighted by Gasteiger charge is -2.34. The highest BCUT2D eigenvalue weighted by Gasteiger charge is 2.32. The zero-order valence-corrected chi connectivity index (χ0v) is 10.6. The number of nitrogens with zero attached hydrogens (tertiary/aromatic N) is 2. The van der Waals surface area contributed by atoms with Gasteiger partial charge in [0.2, 0.25) is 0 Å². The van der Waals surface area contributed by atoms with E-state index < -0.39 is 17.7 Å². The third-order valence-corrected chi connectivity index (χ3v) is 2.53. The van der Waals surface area contributed by atoms with Crippen LogP contribution in [-0.4, -0.2) is 34.3 Å².